The molecule has 0 saturated heterocycles. The topological polar surface area (TPSA) is 12.4 Å². The minimum Gasteiger partial charge on any atom is -0.288 e. The molecule has 0 amide bonds. The Morgan fingerprint density at radius 1 is 1.27 bits per heavy atom. The second kappa shape index (κ2) is 3.67. The van der Waals surface area contributed by atoms with E-state index in [1.807, 2.05) is 6.21 Å². The highest BCUT2D eigenvalue weighted by Gasteiger charge is 2.08. The zero-order valence-electron chi connectivity index (χ0n) is 9.46. The standard InChI is InChI=1S/C13H15NSi/c1-15(2,3)7-6-11-4-5-12-9-14-10-13(12)8-11/h4-5,8,10H,9H2,1-3H3. The Morgan fingerprint density at radius 2 is 2.07 bits per heavy atom. The predicted octanol–water partition coefficient (Wildman–Crippen LogP) is 2.85. The summed E-state index contributed by atoms with van der Waals surface area (Å²) >= 11 is 0. The highest BCUT2D eigenvalue weighted by Crippen LogP contribution is 2.15. The average molecular weight is 213 g/mol. The van der Waals surface area contributed by atoms with Crippen LogP contribution in [0.1, 0.15) is 16.7 Å². The minimum atomic E-state index is -1.26. The minimum absolute atomic E-state index is 0.830. The molecule has 1 aliphatic heterocycles. The average Bonchev–Trinajstić information content (AvgIpc) is 2.60. The molecule has 76 valence electrons. The summed E-state index contributed by atoms with van der Waals surface area (Å²) in [6, 6.07) is 6.37. The van der Waals surface area contributed by atoms with E-state index in [0.29, 0.717) is 0 Å². The molecule has 0 saturated carbocycles. The lowest BCUT2D eigenvalue weighted by Gasteiger charge is -2.03. The van der Waals surface area contributed by atoms with E-state index >= 15 is 0 Å². The molecule has 0 bridgehead atoms. The van der Waals surface area contributed by atoms with Gasteiger partial charge in [0.1, 0.15) is 8.07 Å². The van der Waals surface area contributed by atoms with Gasteiger partial charge in [0.25, 0.3) is 0 Å². The molecular formula is C13H15NSi. The molecule has 15 heavy (non-hydrogen) atoms. The fourth-order valence-electron chi connectivity index (χ4n) is 1.44. The number of hydrogen-bond acceptors (Lipinski definition) is 1. The van der Waals surface area contributed by atoms with Crippen LogP contribution < -0.4 is 0 Å². The van der Waals surface area contributed by atoms with Gasteiger partial charge in [0.15, 0.2) is 0 Å². The lowest BCUT2D eigenvalue weighted by Crippen LogP contribution is -2.16. The molecule has 1 aromatic carbocycles. The molecule has 2 rings (SSSR count). The van der Waals surface area contributed by atoms with E-state index in [9.17, 15) is 0 Å². The first-order chi connectivity index (χ1) is 7.04. The van der Waals surface area contributed by atoms with Crippen LogP contribution in [0.5, 0.6) is 0 Å². The SMILES string of the molecule is C[Si](C)(C)C#Cc1ccc2c(c1)C=NC2. The van der Waals surface area contributed by atoms with Crippen LogP contribution in [0.15, 0.2) is 23.2 Å². The first-order valence-electron chi connectivity index (χ1n) is 5.20. The van der Waals surface area contributed by atoms with Crippen molar-refractivity contribution >= 4 is 14.3 Å². The molecule has 1 aromatic rings. The van der Waals surface area contributed by atoms with Crippen molar-refractivity contribution in [1.29, 1.82) is 0 Å². The van der Waals surface area contributed by atoms with Gasteiger partial charge < -0.3 is 0 Å². The molecule has 0 atom stereocenters. The third kappa shape index (κ3) is 2.57. The van der Waals surface area contributed by atoms with Crippen LogP contribution in [0.2, 0.25) is 19.6 Å². The van der Waals surface area contributed by atoms with E-state index in [4.69, 9.17) is 0 Å². The van der Waals surface area contributed by atoms with Crippen molar-refractivity contribution in [2.45, 2.75) is 26.2 Å². The Kier molecular flexibility index (Phi) is 2.50. The third-order valence-electron chi connectivity index (χ3n) is 2.22. The summed E-state index contributed by atoms with van der Waals surface area (Å²) in [7, 11) is -1.26. The van der Waals surface area contributed by atoms with Gasteiger partial charge in [0.2, 0.25) is 0 Å². The Balaban J connectivity index is 2.30. The summed E-state index contributed by atoms with van der Waals surface area (Å²) in [5.74, 6) is 3.26. The fourth-order valence-corrected chi connectivity index (χ4v) is 1.96. The second-order valence-corrected chi connectivity index (χ2v) is 9.63. The lowest BCUT2D eigenvalue weighted by atomic mass is 10.1. The molecule has 1 heterocycles. The van der Waals surface area contributed by atoms with Gasteiger partial charge in [-0.25, -0.2) is 0 Å². The van der Waals surface area contributed by atoms with Gasteiger partial charge in [-0.15, -0.1) is 5.54 Å². The van der Waals surface area contributed by atoms with Crippen molar-refractivity contribution < 1.29 is 0 Å². The molecule has 0 fully saturated rings. The van der Waals surface area contributed by atoms with Crippen LogP contribution in [0.25, 0.3) is 0 Å². The van der Waals surface area contributed by atoms with Crippen LogP contribution in [0.4, 0.5) is 0 Å². The number of fused-ring (bicyclic) bond motifs is 1. The summed E-state index contributed by atoms with van der Waals surface area (Å²) in [5, 5.41) is 0. The van der Waals surface area contributed by atoms with E-state index in [1.165, 1.54) is 11.1 Å². The Bertz CT molecular complexity index is 470. The molecule has 2 heteroatoms. The monoisotopic (exact) mass is 213 g/mol. The van der Waals surface area contributed by atoms with Crippen molar-refractivity contribution in [2.24, 2.45) is 4.99 Å². The van der Waals surface area contributed by atoms with Crippen molar-refractivity contribution in [3.05, 3.63) is 34.9 Å². The van der Waals surface area contributed by atoms with Gasteiger partial charge in [-0.3, -0.25) is 4.99 Å². The van der Waals surface area contributed by atoms with Crippen LogP contribution in [-0.4, -0.2) is 14.3 Å². The van der Waals surface area contributed by atoms with Gasteiger partial charge in [-0.05, 0) is 23.3 Å². The van der Waals surface area contributed by atoms with Gasteiger partial charge in [0, 0.05) is 11.8 Å². The fraction of sp³-hybridized carbons (Fsp3) is 0.308. The predicted molar refractivity (Wildman–Crippen MR) is 68.0 cm³/mol. The first-order valence-corrected chi connectivity index (χ1v) is 8.70. The Morgan fingerprint density at radius 3 is 2.80 bits per heavy atom. The number of nitrogens with zero attached hydrogens (tertiary/aromatic N) is 1. The maximum Gasteiger partial charge on any atom is 0.129 e. The number of rotatable bonds is 0. The quantitative estimate of drug-likeness (QED) is 0.464. The summed E-state index contributed by atoms with van der Waals surface area (Å²) in [6.07, 6.45) is 1.94. The smallest absolute Gasteiger partial charge is 0.129 e. The highest BCUT2D eigenvalue weighted by atomic mass is 28.3. The van der Waals surface area contributed by atoms with Crippen LogP contribution in [0.3, 0.4) is 0 Å². The van der Waals surface area contributed by atoms with E-state index in [0.717, 1.165) is 12.1 Å². The van der Waals surface area contributed by atoms with Crippen molar-refractivity contribution in [2.75, 3.05) is 0 Å². The molecule has 0 aliphatic carbocycles. The molecule has 0 spiro atoms. The highest BCUT2D eigenvalue weighted by molar-refractivity contribution is 6.83. The van der Waals surface area contributed by atoms with E-state index in [1.54, 1.807) is 0 Å². The van der Waals surface area contributed by atoms with Crippen molar-refractivity contribution in [3.8, 4) is 11.5 Å². The van der Waals surface area contributed by atoms with Crippen molar-refractivity contribution in [3.63, 3.8) is 0 Å². The number of hydrogen-bond donors (Lipinski definition) is 0. The van der Waals surface area contributed by atoms with Gasteiger partial charge in [-0.1, -0.05) is 31.6 Å². The zero-order chi connectivity index (χ0) is 10.9. The summed E-state index contributed by atoms with van der Waals surface area (Å²) in [4.78, 5) is 4.24. The summed E-state index contributed by atoms with van der Waals surface area (Å²) in [6.45, 7) is 7.61. The van der Waals surface area contributed by atoms with E-state index in [-0.39, 0.29) is 0 Å². The molecule has 1 aliphatic rings. The molecule has 0 unspecified atom stereocenters. The second-order valence-electron chi connectivity index (χ2n) is 4.88. The van der Waals surface area contributed by atoms with Gasteiger partial charge in [0.05, 0.1) is 6.54 Å². The van der Waals surface area contributed by atoms with E-state index in [2.05, 4.69) is 54.3 Å². The maximum atomic E-state index is 4.24. The largest absolute Gasteiger partial charge is 0.288 e. The molecule has 0 aromatic heterocycles. The van der Waals surface area contributed by atoms with Gasteiger partial charge >= 0.3 is 0 Å². The molecule has 0 N–H and O–H groups in total. The number of benzene rings is 1. The van der Waals surface area contributed by atoms with Gasteiger partial charge in [-0.2, -0.15) is 0 Å². The lowest BCUT2D eigenvalue weighted by molar-refractivity contribution is 1.11. The van der Waals surface area contributed by atoms with Crippen LogP contribution >= 0.6 is 0 Å². The molecular weight excluding hydrogens is 198 g/mol. The first kappa shape index (κ1) is 10.2. The molecule has 1 nitrogen and oxygen atoms in total. The maximum absolute atomic E-state index is 4.24. The third-order valence-corrected chi connectivity index (χ3v) is 3.09. The number of aliphatic imine (C=N–C) groups is 1. The normalized spacial score (nSPS) is 13.3. The van der Waals surface area contributed by atoms with Crippen molar-refractivity contribution in [1.82, 2.24) is 0 Å². The Labute approximate surface area is 92.3 Å². The summed E-state index contributed by atoms with van der Waals surface area (Å²) < 4.78 is 0. The van der Waals surface area contributed by atoms with Crippen LogP contribution in [0, 0.1) is 11.5 Å². The molecule has 0 radical (unpaired) electrons. The van der Waals surface area contributed by atoms with Crippen LogP contribution in [-0.2, 0) is 6.54 Å². The Hall–Kier alpha value is -1.33. The van der Waals surface area contributed by atoms with E-state index < -0.39 is 8.07 Å². The zero-order valence-corrected chi connectivity index (χ0v) is 10.5. The summed E-state index contributed by atoms with van der Waals surface area (Å²) in [5.41, 5.74) is 7.04.